The Hall–Kier alpha value is -2.74. The van der Waals surface area contributed by atoms with Crippen LogP contribution in [0.5, 0.6) is 0 Å². The van der Waals surface area contributed by atoms with Gasteiger partial charge in [0.2, 0.25) is 0 Å². The molecule has 2 rings (SSSR count). The maximum absolute atomic E-state index is 12.0. The average molecular weight is 306 g/mol. The van der Waals surface area contributed by atoms with Crippen LogP contribution in [0.4, 0.5) is 10.7 Å². The van der Waals surface area contributed by atoms with Gasteiger partial charge in [-0.15, -0.1) is 0 Å². The van der Waals surface area contributed by atoms with E-state index in [1.807, 2.05) is 0 Å². The number of nitrogens with zero attached hydrogens (tertiary/aromatic N) is 1. The number of nitro groups is 1. The highest BCUT2D eigenvalue weighted by molar-refractivity contribution is 7.13. The number of anilines is 1. The summed E-state index contributed by atoms with van der Waals surface area (Å²) in [6.45, 7) is 1.74. The summed E-state index contributed by atoms with van der Waals surface area (Å²) in [5, 5.41) is 23.3. The fourth-order valence-electron chi connectivity index (χ4n) is 1.68. The van der Waals surface area contributed by atoms with E-state index in [-0.39, 0.29) is 21.8 Å². The van der Waals surface area contributed by atoms with Crippen molar-refractivity contribution < 1.29 is 19.6 Å². The van der Waals surface area contributed by atoms with Crippen LogP contribution in [0.15, 0.2) is 29.6 Å². The molecule has 0 aliphatic rings. The van der Waals surface area contributed by atoms with Crippen molar-refractivity contribution in [2.24, 2.45) is 0 Å². The van der Waals surface area contributed by atoms with Crippen molar-refractivity contribution in [2.75, 3.05) is 5.32 Å². The van der Waals surface area contributed by atoms with Gasteiger partial charge in [-0.05, 0) is 19.1 Å². The van der Waals surface area contributed by atoms with Crippen LogP contribution in [0, 0.1) is 17.0 Å². The fourth-order valence-corrected chi connectivity index (χ4v) is 2.38. The van der Waals surface area contributed by atoms with Gasteiger partial charge in [0, 0.05) is 11.4 Å². The molecule has 1 aromatic heterocycles. The predicted octanol–water partition coefficient (Wildman–Crippen LogP) is 2.92. The number of hydrogen-bond donors (Lipinski definition) is 2. The summed E-state index contributed by atoms with van der Waals surface area (Å²) in [4.78, 5) is 33.1. The number of carboxylic acids is 1. The van der Waals surface area contributed by atoms with Crippen molar-refractivity contribution in [3.05, 3.63) is 56.5 Å². The van der Waals surface area contributed by atoms with Crippen molar-refractivity contribution in [3.63, 3.8) is 0 Å². The largest absolute Gasteiger partial charge is 0.478 e. The van der Waals surface area contributed by atoms with Crippen molar-refractivity contribution in [1.29, 1.82) is 0 Å². The van der Waals surface area contributed by atoms with Gasteiger partial charge < -0.3 is 10.4 Å². The summed E-state index contributed by atoms with van der Waals surface area (Å²) in [7, 11) is 0. The van der Waals surface area contributed by atoms with Crippen molar-refractivity contribution in [1.82, 2.24) is 0 Å². The van der Waals surface area contributed by atoms with Crippen LogP contribution >= 0.6 is 11.3 Å². The Morgan fingerprint density at radius 1 is 1.33 bits per heavy atom. The van der Waals surface area contributed by atoms with E-state index in [9.17, 15) is 19.7 Å². The zero-order chi connectivity index (χ0) is 15.6. The molecule has 0 spiro atoms. The first-order valence-electron chi connectivity index (χ1n) is 5.76. The highest BCUT2D eigenvalue weighted by Gasteiger charge is 2.17. The minimum absolute atomic E-state index is 0.0342. The molecule has 0 unspecified atom stereocenters. The first-order valence-corrected chi connectivity index (χ1v) is 6.64. The highest BCUT2D eigenvalue weighted by atomic mass is 32.1. The Morgan fingerprint density at radius 2 is 2.05 bits per heavy atom. The molecule has 0 radical (unpaired) electrons. The average Bonchev–Trinajstić information content (AvgIpc) is 2.90. The lowest BCUT2D eigenvalue weighted by Gasteiger charge is -2.08. The van der Waals surface area contributed by atoms with Crippen LogP contribution in [-0.2, 0) is 0 Å². The molecule has 1 amide bonds. The number of aromatic carboxylic acids is 1. The molecular weight excluding hydrogens is 296 g/mol. The van der Waals surface area contributed by atoms with Crippen LogP contribution in [0.25, 0.3) is 0 Å². The molecule has 1 aromatic carbocycles. The highest BCUT2D eigenvalue weighted by Crippen LogP contribution is 2.24. The minimum atomic E-state index is -1.16. The lowest BCUT2D eigenvalue weighted by Crippen LogP contribution is -2.14. The van der Waals surface area contributed by atoms with Crippen LogP contribution in [0.3, 0.4) is 0 Å². The van der Waals surface area contributed by atoms with Gasteiger partial charge in [-0.25, -0.2) is 4.79 Å². The van der Waals surface area contributed by atoms with E-state index in [4.69, 9.17) is 5.11 Å². The van der Waals surface area contributed by atoms with Crippen LogP contribution in [0.2, 0.25) is 0 Å². The predicted molar refractivity (Wildman–Crippen MR) is 77.1 cm³/mol. The van der Waals surface area contributed by atoms with Gasteiger partial charge in [-0.3, -0.25) is 14.9 Å². The Morgan fingerprint density at radius 3 is 2.62 bits per heavy atom. The summed E-state index contributed by atoms with van der Waals surface area (Å²) in [6, 6.07) is 5.73. The molecule has 108 valence electrons. The first-order chi connectivity index (χ1) is 9.88. The second kappa shape index (κ2) is 5.71. The molecule has 21 heavy (non-hydrogen) atoms. The maximum Gasteiger partial charge on any atom is 0.337 e. The van der Waals surface area contributed by atoms with Crippen LogP contribution in [0.1, 0.15) is 26.3 Å². The molecule has 7 nitrogen and oxygen atoms in total. The molecule has 1 heterocycles. The maximum atomic E-state index is 12.0. The summed E-state index contributed by atoms with van der Waals surface area (Å²) < 4.78 is 0. The third-order valence-corrected chi connectivity index (χ3v) is 3.56. The molecule has 0 saturated heterocycles. The molecule has 2 N–H and O–H groups in total. The number of carbonyl (C=O) groups is 2. The lowest BCUT2D eigenvalue weighted by molar-refractivity contribution is -0.380. The Kier molecular flexibility index (Phi) is 3.99. The van der Waals surface area contributed by atoms with E-state index < -0.39 is 16.8 Å². The standard InChI is InChI=1S/C13H10N2O5S/c1-7-2-3-10(9(4-7)13(17)18)14-12(16)8-5-11(15(19)20)21-6-8/h2-6H,1H3,(H,14,16)(H,17,18). The second-order valence-corrected chi connectivity index (χ2v) is 5.13. The summed E-state index contributed by atoms with van der Waals surface area (Å²) in [6.07, 6.45) is 0. The first kappa shape index (κ1) is 14.7. The number of hydrogen-bond acceptors (Lipinski definition) is 5. The number of carbonyl (C=O) groups excluding carboxylic acids is 1. The Bertz CT molecular complexity index is 738. The van der Waals surface area contributed by atoms with E-state index in [2.05, 4.69) is 5.32 Å². The molecule has 0 atom stereocenters. The molecule has 8 heteroatoms. The molecule has 0 aliphatic carbocycles. The molecular formula is C13H10N2O5S. The van der Waals surface area contributed by atoms with Crippen LogP contribution < -0.4 is 5.32 Å². The normalized spacial score (nSPS) is 10.1. The van der Waals surface area contributed by atoms with Gasteiger partial charge in [0.1, 0.15) is 0 Å². The summed E-state index contributed by atoms with van der Waals surface area (Å²) in [5.41, 5.74) is 0.972. The number of amides is 1. The van der Waals surface area contributed by atoms with Gasteiger partial charge in [0.05, 0.1) is 21.7 Å². The molecule has 0 aliphatic heterocycles. The quantitative estimate of drug-likeness (QED) is 0.666. The van der Waals surface area contributed by atoms with E-state index in [0.717, 1.165) is 23.0 Å². The molecule has 0 bridgehead atoms. The molecule has 2 aromatic rings. The van der Waals surface area contributed by atoms with Crippen molar-refractivity contribution in [2.45, 2.75) is 6.92 Å². The van der Waals surface area contributed by atoms with E-state index in [1.165, 1.54) is 17.5 Å². The van der Waals surface area contributed by atoms with E-state index >= 15 is 0 Å². The van der Waals surface area contributed by atoms with E-state index in [1.54, 1.807) is 13.0 Å². The monoisotopic (exact) mass is 306 g/mol. The number of carboxylic acid groups (broad SMARTS) is 1. The second-order valence-electron chi connectivity index (χ2n) is 4.24. The fraction of sp³-hybridized carbons (Fsp3) is 0.0769. The van der Waals surface area contributed by atoms with Gasteiger partial charge in [0.15, 0.2) is 0 Å². The number of nitrogens with one attached hydrogen (secondary N) is 1. The third kappa shape index (κ3) is 3.23. The van der Waals surface area contributed by atoms with Gasteiger partial charge in [-0.2, -0.15) is 0 Å². The summed E-state index contributed by atoms with van der Waals surface area (Å²) >= 11 is 0.833. The third-order valence-electron chi connectivity index (χ3n) is 2.68. The number of aryl methyl sites for hydroxylation is 1. The molecule has 0 saturated carbocycles. The number of rotatable bonds is 4. The topological polar surface area (TPSA) is 110 Å². The van der Waals surface area contributed by atoms with Crippen molar-refractivity contribution >= 4 is 33.9 Å². The smallest absolute Gasteiger partial charge is 0.337 e. The minimum Gasteiger partial charge on any atom is -0.478 e. The van der Waals surface area contributed by atoms with Gasteiger partial charge in [0.25, 0.3) is 5.91 Å². The molecule has 0 fully saturated rings. The lowest BCUT2D eigenvalue weighted by atomic mass is 10.1. The van der Waals surface area contributed by atoms with Gasteiger partial charge >= 0.3 is 11.0 Å². The number of thiophene rings is 1. The zero-order valence-corrected chi connectivity index (χ0v) is 11.6. The SMILES string of the molecule is Cc1ccc(NC(=O)c2csc([N+](=O)[O-])c2)c(C(=O)O)c1. The van der Waals surface area contributed by atoms with Crippen LogP contribution in [-0.4, -0.2) is 21.9 Å². The van der Waals surface area contributed by atoms with E-state index in [0.29, 0.717) is 0 Å². The van der Waals surface area contributed by atoms with Gasteiger partial charge in [-0.1, -0.05) is 23.0 Å². The Balaban J connectivity index is 2.27. The van der Waals surface area contributed by atoms with Crippen molar-refractivity contribution in [3.8, 4) is 0 Å². The summed E-state index contributed by atoms with van der Waals surface area (Å²) in [5.74, 6) is -1.75. The number of benzene rings is 1. The Labute approximate surface area is 123 Å². The zero-order valence-electron chi connectivity index (χ0n) is 10.8.